The summed E-state index contributed by atoms with van der Waals surface area (Å²) in [6, 6.07) is 9.03. The maximum absolute atomic E-state index is 8.98. The van der Waals surface area contributed by atoms with Crippen molar-refractivity contribution in [2.75, 3.05) is 25.5 Å². The van der Waals surface area contributed by atoms with Gasteiger partial charge in [0.15, 0.2) is 5.01 Å². The van der Waals surface area contributed by atoms with Crippen molar-refractivity contribution in [2.24, 2.45) is 11.8 Å². The minimum Gasteiger partial charge on any atom is -0.382 e. The third kappa shape index (κ3) is 2.47. The molecule has 2 bridgehead atoms. The van der Waals surface area contributed by atoms with Crippen molar-refractivity contribution >= 4 is 27.2 Å². The molecule has 2 aliphatic rings. The molecule has 0 radical (unpaired) electrons. The molecule has 1 saturated heterocycles. The molecule has 1 saturated carbocycles. The molecule has 4 rings (SSSR count). The maximum atomic E-state index is 8.98. The van der Waals surface area contributed by atoms with Crippen LogP contribution in [0.3, 0.4) is 0 Å². The predicted octanol–water partition coefficient (Wildman–Crippen LogP) is 3.31. The fourth-order valence-electron chi connectivity index (χ4n) is 4.16. The number of nitriles is 1. The van der Waals surface area contributed by atoms with Gasteiger partial charge in [-0.1, -0.05) is 6.42 Å². The number of nitrogens with one attached hydrogen (secondary N) is 1. The number of aromatic nitrogens is 1. The van der Waals surface area contributed by atoms with Crippen LogP contribution in [0.1, 0.15) is 24.3 Å². The van der Waals surface area contributed by atoms with Gasteiger partial charge in [0.2, 0.25) is 0 Å². The van der Waals surface area contributed by atoms with E-state index < -0.39 is 0 Å². The standard InChI is InChI=1S/C17H20N4S/c1-21-9-11-3-2-4-12(10-21)17(11)19-13-5-6-15-14(7-13)20-16(8-18)22-15/h5-7,11-12,17,19H,2-4,9-10H2,1H3. The summed E-state index contributed by atoms with van der Waals surface area (Å²) in [6.07, 6.45) is 4.03. The Balaban J connectivity index is 1.59. The zero-order chi connectivity index (χ0) is 15.1. The topological polar surface area (TPSA) is 52.0 Å². The minimum absolute atomic E-state index is 0.545. The number of benzene rings is 1. The lowest BCUT2D eigenvalue weighted by atomic mass is 9.73. The number of rotatable bonds is 2. The fourth-order valence-corrected chi connectivity index (χ4v) is 4.91. The number of nitrogens with zero attached hydrogens (tertiary/aromatic N) is 3. The number of hydrogen-bond donors (Lipinski definition) is 1. The lowest BCUT2D eigenvalue weighted by Crippen LogP contribution is -2.53. The summed E-state index contributed by atoms with van der Waals surface area (Å²) in [5.41, 5.74) is 2.08. The van der Waals surface area contributed by atoms with Gasteiger partial charge in [0.05, 0.1) is 10.2 Å². The Morgan fingerprint density at radius 1 is 1.32 bits per heavy atom. The van der Waals surface area contributed by atoms with E-state index in [-0.39, 0.29) is 0 Å². The summed E-state index contributed by atoms with van der Waals surface area (Å²) < 4.78 is 1.09. The molecule has 5 heteroatoms. The lowest BCUT2D eigenvalue weighted by Gasteiger charge is -2.47. The SMILES string of the molecule is CN1CC2CCCC(C1)C2Nc1ccc2sc(C#N)nc2c1. The molecular weight excluding hydrogens is 292 g/mol. The Labute approximate surface area is 134 Å². The summed E-state index contributed by atoms with van der Waals surface area (Å²) in [5.74, 6) is 1.50. The summed E-state index contributed by atoms with van der Waals surface area (Å²) in [6.45, 7) is 2.40. The molecule has 1 aliphatic carbocycles. The van der Waals surface area contributed by atoms with Crippen molar-refractivity contribution in [1.82, 2.24) is 9.88 Å². The average molecular weight is 312 g/mol. The molecule has 2 unspecified atom stereocenters. The van der Waals surface area contributed by atoms with E-state index in [1.807, 2.05) is 0 Å². The van der Waals surface area contributed by atoms with E-state index in [4.69, 9.17) is 5.26 Å². The first-order valence-electron chi connectivity index (χ1n) is 7.99. The van der Waals surface area contributed by atoms with Crippen LogP contribution >= 0.6 is 11.3 Å². The van der Waals surface area contributed by atoms with E-state index in [1.54, 1.807) is 0 Å². The Morgan fingerprint density at radius 3 is 2.82 bits per heavy atom. The van der Waals surface area contributed by atoms with Crippen molar-refractivity contribution in [3.05, 3.63) is 23.2 Å². The molecule has 1 aromatic carbocycles. The maximum Gasteiger partial charge on any atom is 0.195 e. The predicted molar refractivity (Wildman–Crippen MR) is 90.1 cm³/mol. The second-order valence-corrected chi connectivity index (χ2v) is 7.69. The van der Waals surface area contributed by atoms with Crippen LogP contribution in [-0.2, 0) is 0 Å². The lowest BCUT2D eigenvalue weighted by molar-refractivity contribution is 0.0909. The highest BCUT2D eigenvalue weighted by molar-refractivity contribution is 7.19. The first kappa shape index (κ1) is 14.0. The Bertz CT molecular complexity index is 718. The largest absolute Gasteiger partial charge is 0.382 e. The average Bonchev–Trinajstić information content (AvgIpc) is 2.90. The smallest absolute Gasteiger partial charge is 0.195 e. The first-order valence-corrected chi connectivity index (χ1v) is 8.80. The quantitative estimate of drug-likeness (QED) is 0.924. The van der Waals surface area contributed by atoms with Gasteiger partial charge in [-0.05, 0) is 49.9 Å². The molecule has 114 valence electrons. The zero-order valence-corrected chi connectivity index (χ0v) is 13.6. The van der Waals surface area contributed by atoms with Gasteiger partial charge in [-0.25, -0.2) is 4.98 Å². The van der Waals surface area contributed by atoms with E-state index in [0.29, 0.717) is 11.0 Å². The Kier molecular flexibility index (Phi) is 3.51. The number of piperidine rings is 1. The monoisotopic (exact) mass is 312 g/mol. The second-order valence-electron chi connectivity index (χ2n) is 6.66. The molecule has 0 spiro atoms. The highest BCUT2D eigenvalue weighted by atomic mass is 32.1. The van der Waals surface area contributed by atoms with Crippen LogP contribution in [0, 0.1) is 23.2 Å². The highest BCUT2D eigenvalue weighted by Crippen LogP contribution is 2.36. The van der Waals surface area contributed by atoms with Gasteiger partial charge in [-0.2, -0.15) is 5.26 Å². The Morgan fingerprint density at radius 2 is 2.09 bits per heavy atom. The fraction of sp³-hybridized carbons (Fsp3) is 0.529. The molecule has 0 amide bonds. The summed E-state index contributed by atoms with van der Waals surface area (Å²) in [5, 5.41) is 13.3. The summed E-state index contributed by atoms with van der Waals surface area (Å²) >= 11 is 1.46. The summed E-state index contributed by atoms with van der Waals surface area (Å²) in [7, 11) is 2.24. The number of anilines is 1. The minimum atomic E-state index is 0.545. The van der Waals surface area contributed by atoms with Crippen molar-refractivity contribution < 1.29 is 0 Å². The van der Waals surface area contributed by atoms with E-state index in [0.717, 1.165) is 27.7 Å². The Hall–Kier alpha value is -1.64. The molecule has 2 aromatic rings. The van der Waals surface area contributed by atoms with Crippen molar-refractivity contribution in [2.45, 2.75) is 25.3 Å². The highest BCUT2D eigenvalue weighted by Gasteiger charge is 2.38. The zero-order valence-electron chi connectivity index (χ0n) is 12.7. The van der Waals surface area contributed by atoms with Crippen LogP contribution in [-0.4, -0.2) is 36.1 Å². The van der Waals surface area contributed by atoms with Crippen LogP contribution in [0.25, 0.3) is 10.2 Å². The van der Waals surface area contributed by atoms with Gasteiger partial charge in [-0.3, -0.25) is 0 Å². The van der Waals surface area contributed by atoms with Crippen LogP contribution in [0.2, 0.25) is 0 Å². The first-order chi connectivity index (χ1) is 10.7. The molecule has 2 heterocycles. The van der Waals surface area contributed by atoms with Gasteiger partial charge in [0, 0.05) is 24.8 Å². The van der Waals surface area contributed by atoms with E-state index >= 15 is 0 Å². The second kappa shape index (κ2) is 5.53. The molecule has 1 aromatic heterocycles. The van der Waals surface area contributed by atoms with Gasteiger partial charge < -0.3 is 10.2 Å². The molecular formula is C17H20N4S. The number of fused-ring (bicyclic) bond motifs is 3. The van der Waals surface area contributed by atoms with E-state index in [9.17, 15) is 0 Å². The van der Waals surface area contributed by atoms with Crippen molar-refractivity contribution in [3.63, 3.8) is 0 Å². The van der Waals surface area contributed by atoms with Crippen molar-refractivity contribution in [3.8, 4) is 6.07 Å². The van der Waals surface area contributed by atoms with Crippen LogP contribution in [0.15, 0.2) is 18.2 Å². The molecule has 1 aliphatic heterocycles. The molecule has 4 nitrogen and oxygen atoms in total. The van der Waals surface area contributed by atoms with E-state index in [1.165, 1.54) is 43.7 Å². The molecule has 2 atom stereocenters. The molecule has 1 N–H and O–H groups in total. The van der Waals surface area contributed by atoms with Crippen LogP contribution in [0.5, 0.6) is 0 Å². The normalized spacial score (nSPS) is 28.5. The molecule has 22 heavy (non-hydrogen) atoms. The van der Waals surface area contributed by atoms with Crippen LogP contribution < -0.4 is 5.32 Å². The number of thiazole rings is 1. The number of hydrogen-bond acceptors (Lipinski definition) is 5. The van der Waals surface area contributed by atoms with E-state index in [2.05, 4.69) is 46.5 Å². The molecule has 2 fully saturated rings. The van der Waals surface area contributed by atoms with Gasteiger partial charge >= 0.3 is 0 Å². The third-order valence-corrected chi connectivity index (χ3v) is 6.02. The van der Waals surface area contributed by atoms with Gasteiger partial charge in [0.1, 0.15) is 6.07 Å². The van der Waals surface area contributed by atoms with Gasteiger partial charge in [-0.15, -0.1) is 11.3 Å². The van der Waals surface area contributed by atoms with Crippen LogP contribution in [0.4, 0.5) is 5.69 Å². The van der Waals surface area contributed by atoms with Gasteiger partial charge in [0.25, 0.3) is 0 Å². The number of likely N-dealkylation sites (tertiary alicyclic amines) is 1. The van der Waals surface area contributed by atoms with Crippen molar-refractivity contribution in [1.29, 1.82) is 5.26 Å². The third-order valence-electron chi connectivity index (χ3n) is 5.07. The summed E-state index contributed by atoms with van der Waals surface area (Å²) in [4.78, 5) is 6.86.